The van der Waals surface area contributed by atoms with Crippen molar-refractivity contribution in [3.05, 3.63) is 29.8 Å². The number of carbonyl (C=O) groups is 1. The maximum Gasteiger partial charge on any atom is 0.409 e. The van der Waals surface area contributed by atoms with Crippen LogP contribution in [0.2, 0.25) is 0 Å². The molecule has 7 nitrogen and oxygen atoms in total. The highest BCUT2D eigenvalue weighted by Crippen LogP contribution is 2.12. The lowest BCUT2D eigenvalue weighted by Crippen LogP contribution is -2.50. The normalized spacial score (nSPS) is 15.5. The van der Waals surface area contributed by atoms with E-state index in [1.807, 2.05) is 38.1 Å². The van der Waals surface area contributed by atoms with Crippen LogP contribution in [0.25, 0.3) is 0 Å². The molecule has 26 heavy (non-hydrogen) atoms. The van der Waals surface area contributed by atoms with Gasteiger partial charge in [0.05, 0.1) is 13.2 Å². The van der Waals surface area contributed by atoms with Gasteiger partial charge in [-0.05, 0) is 44.4 Å². The van der Waals surface area contributed by atoms with E-state index in [4.69, 9.17) is 9.47 Å². The third kappa shape index (κ3) is 6.46. The van der Waals surface area contributed by atoms with E-state index in [1.165, 1.54) is 5.56 Å². The van der Waals surface area contributed by atoms with Crippen LogP contribution in [0.1, 0.15) is 25.3 Å². The number of amides is 1. The molecule has 0 aromatic heterocycles. The molecule has 1 saturated heterocycles. The topological polar surface area (TPSA) is 75.2 Å². The SMILES string of the molecule is CCOC(=O)N1CCC(NC(=NC)NCCOc2cccc(C)c2)CC1. The molecular weight excluding hydrogens is 332 g/mol. The lowest BCUT2D eigenvalue weighted by atomic mass is 10.1. The average molecular weight is 362 g/mol. The first-order chi connectivity index (χ1) is 12.6. The number of hydrogen-bond acceptors (Lipinski definition) is 4. The molecule has 1 aromatic rings. The van der Waals surface area contributed by atoms with Crippen molar-refractivity contribution in [3.8, 4) is 5.75 Å². The van der Waals surface area contributed by atoms with Crippen molar-refractivity contribution in [3.63, 3.8) is 0 Å². The summed E-state index contributed by atoms with van der Waals surface area (Å²) in [5.41, 5.74) is 1.18. The summed E-state index contributed by atoms with van der Waals surface area (Å²) in [4.78, 5) is 17.7. The molecule has 0 unspecified atom stereocenters. The molecule has 0 atom stereocenters. The van der Waals surface area contributed by atoms with E-state index in [1.54, 1.807) is 11.9 Å². The second kappa shape index (κ2) is 10.5. The number of nitrogens with zero attached hydrogens (tertiary/aromatic N) is 2. The molecule has 2 N–H and O–H groups in total. The van der Waals surface area contributed by atoms with E-state index < -0.39 is 0 Å². The van der Waals surface area contributed by atoms with Gasteiger partial charge in [-0.2, -0.15) is 0 Å². The van der Waals surface area contributed by atoms with Crippen LogP contribution in [0.15, 0.2) is 29.3 Å². The fourth-order valence-corrected chi connectivity index (χ4v) is 2.85. The van der Waals surface area contributed by atoms with Crippen LogP contribution in [0.5, 0.6) is 5.75 Å². The summed E-state index contributed by atoms with van der Waals surface area (Å²) in [6.45, 7) is 6.90. The number of piperidine rings is 1. The summed E-state index contributed by atoms with van der Waals surface area (Å²) in [6, 6.07) is 8.30. The highest BCUT2D eigenvalue weighted by Gasteiger charge is 2.23. The molecule has 1 amide bonds. The Balaban J connectivity index is 1.66. The summed E-state index contributed by atoms with van der Waals surface area (Å²) in [5, 5.41) is 6.67. The third-order valence-corrected chi connectivity index (χ3v) is 4.24. The molecule has 1 fully saturated rings. The number of benzene rings is 1. The van der Waals surface area contributed by atoms with Gasteiger partial charge in [0.1, 0.15) is 12.4 Å². The standard InChI is InChI=1S/C19H30N4O3/c1-4-25-19(24)23-11-8-16(9-12-23)22-18(20-3)21-10-13-26-17-7-5-6-15(2)14-17/h5-7,14,16H,4,8-13H2,1-3H3,(H2,20,21,22). The maximum atomic E-state index is 11.7. The van der Waals surface area contributed by atoms with Crippen molar-refractivity contribution >= 4 is 12.1 Å². The van der Waals surface area contributed by atoms with Gasteiger partial charge in [-0.3, -0.25) is 4.99 Å². The predicted molar refractivity (Wildman–Crippen MR) is 103 cm³/mol. The van der Waals surface area contributed by atoms with Crippen molar-refractivity contribution in [1.82, 2.24) is 15.5 Å². The van der Waals surface area contributed by atoms with Gasteiger partial charge in [0, 0.05) is 26.2 Å². The highest BCUT2D eigenvalue weighted by molar-refractivity contribution is 5.80. The Hall–Kier alpha value is -2.44. The Morgan fingerprint density at radius 2 is 2.12 bits per heavy atom. The zero-order valence-electron chi connectivity index (χ0n) is 16.0. The van der Waals surface area contributed by atoms with Crippen LogP contribution in [0.3, 0.4) is 0 Å². The van der Waals surface area contributed by atoms with Gasteiger partial charge in [-0.25, -0.2) is 4.79 Å². The Kier molecular flexibility index (Phi) is 8.05. The molecule has 2 rings (SSSR count). The van der Waals surface area contributed by atoms with Crippen LogP contribution in [0.4, 0.5) is 4.79 Å². The molecular formula is C19H30N4O3. The van der Waals surface area contributed by atoms with Gasteiger partial charge in [-0.15, -0.1) is 0 Å². The third-order valence-electron chi connectivity index (χ3n) is 4.24. The number of rotatable bonds is 6. The largest absolute Gasteiger partial charge is 0.492 e. The summed E-state index contributed by atoms with van der Waals surface area (Å²) < 4.78 is 10.8. The number of aliphatic imine (C=N–C) groups is 1. The molecule has 144 valence electrons. The minimum atomic E-state index is -0.221. The minimum Gasteiger partial charge on any atom is -0.492 e. The molecule has 0 bridgehead atoms. The fourth-order valence-electron chi connectivity index (χ4n) is 2.85. The highest BCUT2D eigenvalue weighted by atomic mass is 16.6. The van der Waals surface area contributed by atoms with Gasteiger partial charge in [0.15, 0.2) is 5.96 Å². The Labute approximate surface area is 155 Å². The van der Waals surface area contributed by atoms with Crippen molar-refractivity contribution in [2.45, 2.75) is 32.7 Å². The fraction of sp³-hybridized carbons (Fsp3) is 0.579. The van der Waals surface area contributed by atoms with E-state index in [2.05, 4.69) is 15.6 Å². The van der Waals surface area contributed by atoms with E-state index in [-0.39, 0.29) is 6.09 Å². The second-order valence-corrected chi connectivity index (χ2v) is 6.27. The first-order valence-corrected chi connectivity index (χ1v) is 9.20. The number of ether oxygens (including phenoxy) is 2. The van der Waals surface area contributed by atoms with Crippen molar-refractivity contribution in [1.29, 1.82) is 0 Å². The molecule has 7 heteroatoms. The van der Waals surface area contributed by atoms with Crippen LogP contribution >= 0.6 is 0 Å². The minimum absolute atomic E-state index is 0.221. The monoisotopic (exact) mass is 362 g/mol. The van der Waals surface area contributed by atoms with Crippen LogP contribution < -0.4 is 15.4 Å². The average Bonchev–Trinajstić information content (AvgIpc) is 2.65. The van der Waals surface area contributed by atoms with E-state index >= 15 is 0 Å². The lowest BCUT2D eigenvalue weighted by molar-refractivity contribution is 0.0963. The number of aryl methyl sites for hydroxylation is 1. The molecule has 1 aliphatic rings. The molecule has 1 aromatic carbocycles. The van der Waals surface area contributed by atoms with Gasteiger partial charge in [0.2, 0.25) is 0 Å². The zero-order valence-corrected chi connectivity index (χ0v) is 16.0. The second-order valence-electron chi connectivity index (χ2n) is 6.27. The number of hydrogen-bond donors (Lipinski definition) is 2. The molecule has 0 radical (unpaired) electrons. The summed E-state index contributed by atoms with van der Waals surface area (Å²) >= 11 is 0. The number of nitrogens with one attached hydrogen (secondary N) is 2. The van der Waals surface area contributed by atoms with Crippen molar-refractivity contribution in [2.75, 3.05) is 39.9 Å². The summed E-state index contributed by atoms with van der Waals surface area (Å²) in [6.07, 6.45) is 1.53. The van der Waals surface area contributed by atoms with Gasteiger partial charge in [0.25, 0.3) is 0 Å². The van der Waals surface area contributed by atoms with Crippen LogP contribution in [-0.4, -0.2) is 62.9 Å². The molecule has 0 saturated carbocycles. The Morgan fingerprint density at radius 1 is 1.35 bits per heavy atom. The number of guanidine groups is 1. The quantitative estimate of drug-likeness (QED) is 0.461. The summed E-state index contributed by atoms with van der Waals surface area (Å²) in [7, 11) is 1.75. The van der Waals surface area contributed by atoms with E-state index in [0.717, 1.165) is 24.6 Å². The van der Waals surface area contributed by atoms with Gasteiger partial charge < -0.3 is 25.0 Å². The lowest BCUT2D eigenvalue weighted by Gasteiger charge is -2.32. The molecule has 0 spiro atoms. The summed E-state index contributed by atoms with van der Waals surface area (Å²) in [5.74, 6) is 1.63. The number of likely N-dealkylation sites (tertiary alicyclic amines) is 1. The first kappa shape index (κ1) is 19.9. The van der Waals surface area contributed by atoms with Gasteiger partial charge >= 0.3 is 6.09 Å². The molecule has 1 aliphatic heterocycles. The maximum absolute atomic E-state index is 11.7. The van der Waals surface area contributed by atoms with Crippen LogP contribution in [0, 0.1) is 6.92 Å². The number of carbonyl (C=O) groups excluding carboxylic acids is 1. The van der Waals surface area contributed by atoms with Crippen molar-refractivity contribution in [2.24, 2.45) is 4.99 Å². The molecule has 0 aliphatic carbocycles. The van der Waals surface area contributed by atoms with E-state index in [0.29, 0.717) is 38.9 Å². The Bertz CT molecular complexity index is 598. The van der Waals surface area contributed by atoms with Gasteiger partial charge in [-0.1, -0.05) is 12.1 Å². The van der Waals surface area contributed by atoms with E-state index in [9.17, 15) is 4.79 Å². The first-order valence-electron chi connectivity index (χ1n) is 9.20. The molecule has 1 heterocycles. The smallest absolute Gasteiger partial charge is 0.409 e. The zero-order chi connectivity index (χ0) is 18.8. The predicted octanol–water partition coefficient (Wildman–Crippen LogP) is 2.16. The van der Waals surface area contributed by atoms with Crippen molar-refractivity contribution < 1.29 is 14.3 Å². The Morgan fingerprint density at radius 3 is 2.77 bits per heavy atom. The van der Waals surface area contributed by atoms with Crippen LogP contribution in [-0.2, 0) is 4.74 Å².